The lowest BCUT2D eigenvalue weighted by Crippen LogP contribution is -2.31. The summed E-state index contributed by atoms with van der Waals surface area (Å²) in [6, 6.07) is 4.38. The summed E-state index contributed by atoms with van der Waals surface area (Å²) < 4.78 is 14.2. The second-order valence-electron chi connectivity index (χ2n) is 4.03. The molecule has 0 aromatic heterocycles. The quantitative estimate of drug-likeness (QED) is 0.925. The molecule has 0 saturated carbocycles. The van der Waals surface area contributed by atoms with Crippen molar-refractivity contribution in [1.29, 1.82) is 0 Å². The van der Waals surface area contributed by atoms with Gasteiger partial charge in [0.05, 0.1) is 0 Å². The smallest absolute Gasteiger partial charge is 0.141 e. The highest BCUT2D eigenvalue weighted by Crippen LogP contribution is 2.17. The molecule has 0 radical (unpaired) electrons. The van der Waals surface area contributed by atoms with Gasteiger partial charge in [0, 0.05) is 22.9 Å². The second-order valence-corrected chi connectivity index (χ2v) is 4.94. The number of rotatable bonds is 4. The average Bonchev–Trinajstić information content (AvgIpc) is 2.22. The number of carbonyl (C=O) groups excluding carboxylic acids is 1. The Hall–Kier alpha value is -0.740. The number of ketones is 1. The van der Waals surface area contributed by atoms with Gasteiger partial charge in [0.2, 0.25) is 0 Å². The van der Waals surface area contributed by atoms with Crippen molar-refractivity contribution in [2.45, 2.75) is 26.3 Å². The minimum absolute atomic E-state index is 0.0352. The molecule has 0 saturated heterocycles. The standard InChI is InChI=1S/C12H15BrFNO/c1-7(8(2)15)12(16)6-9-5-10(13)3-4-11(9)14/h3-5,7-8H,6,15H2,1-2H3. The van der Waals surface area contributed by atoms with Gasteiger partial charge in [0.15, 0.2) is 0 Å². The van der Waals surface area contributed by atoms with E-state index in [-0.39, 0.29) is 30.0 Å². The van der Waals surface area contributed by atoms with Crippen molar-refractivity contribution >= 4 is 21.7 Å². The Morgan fingerprint density at radius 1 is 1.50 bits per heavy atom. The first-order chi connectivity index (χ1) is 7.41. The Bertz CT molecular complexity index is 393. The molecule has 2 atom stereocenters. The Labute approximate surface area is 103 Å². The van der Waals surface area contributed by atoms with E-state index in [9.17, 15) is 9.18 Å². The number of Topliss-reactive ketones (excluding diaryl/α,β-unsaturated/α-hetero) is 1. The maximum Gasteiger partial charge on any atom is 0.141 e. The normalized spacial score (nSPS) is 14.6. The van der Waals surface area contributed by atoms with Crippen LogP contribution >= 0.6 is 15.9 Å². The van der Waals surface area contributed by atoms with Crippen molar-refractivity contribution < 1.29 is 9.18 Å². The predicted molar refractivity (Wildman–Crippen MR) is 65.6 cm³/mol. The summed E-state index contributed by atoms with van der Waals surface area (Å²) in [7, 11) is 0. The summed E-state index contributed by atoms with van der Waals surface area (Å²) in [6.45, 7) is 3.54. The molecular formula is C12H15BrFNO. The van der Waals surface area contributed by atoms with Gasteiger partial charge in [-0.3, -0.25) is 4.79 Å². The Morgan fingerprint density at radius 2 is 2.12 bits per heavy atom. The third-order valence-electron chi connectivity index (χ3n) is 2.67. The molecule has 0 bridgehead atoms. The van der Waals surface area contributed by atoms with Crippen LogP contribution in [0.4, 0.5) is 4.39 Å². The molecule has 0 spiro atoms. The maximum atomic E-state index is 13.4. The zero-order chi connectivity index (χ0) is 12.3. The molecule has 1 rings (SSSR count). The van der Waals surface area contributed by atoms with Gasteiger partial charge >= 0.3 is 0 Å². The van der Waals surface area contributed by atoms with Crippen LogP contribution in [-0.4, -0.2) is 11.8 Å². The van der Waals surface area contributed by atoms with Crippen molar-refractivity contribution in [1.82, 2.24) is 0 Å². The van der Waals surface area contributed by atoms with E-state index in [0.717, 1.165) is 4.47 Å². The summed E-state index contributed by atoms with van der Waals surface area (Å²) in [5.74, 6) is -0.640. The van der Waals surface area contributed by atoms with Crippen LogP contribution in [0.3, 0.4) is 0 Å². The number of halogens is 2. The Balaban J connectivity index is 2.80. The molecule has 2 nitrogen and oxygen atoms in total. The zero-order valence-electron chi connectivity index (χ0n) is 9.34. The molecule has 0 aliphatic rings. The fraction of sp³-hybridized carbons (Fsp3) is 0.417. The van der Waals surface area contributed by atoms with E-state index in [1.165, 1.54) is 6.07 Å². The second kappa shape index (κ2) is 5.55. The van der Waals surface area contributed by atoms with Gasteiger partial charge in [-0.2, -0.15) is 0 Å². The Kier molecular flexibility index (Phi) is 4.62. The number of carbonyl (C=O) groups is 1. The molecule has 0 fully saturated rings. The molecule has 1 aromatic rings. The van der Waals surface area contributed by atoms with E-state index in [2.05, 4.69) is 15.9 Å². The fourth-order valence-corrected chi connectivity index (χ4v) is 1.73. The molecule has 1 aromatic carbocycles. The van der Waals surface area contributed by atoms with Gasteiger partial charge in [-0.05, 0) is 30.7 Å². The molecule has 88 valence electrons. The molecule has 4 heteroatoms. The van der Waals surface area contributed by atoms with Crippen LogP contribution in [0.5, 0.6) is 0 Å². The third-order valence-corrected chi connectivity index (χ3v) is 3.16. The molecule has 16 heavy (non-hydrogen) atoms. The van der Waals surface area contributed by atoms with Crippen LogP contribution in [0.2, 0.25) is 0 Å². The van der Waals surface area contributed by atoms with Gasteiger partial charge < -0.3 is 5.73 Å². The summed E-state index contributed by atoms with van der Waals surface area (Å²) in [6.07, 6.45) is 0.0912. The topological polar surface area (TPSA) is 43.1 Å². The van der Waals surface area contributed by atoms with Crippen LogP contribution in [0.15, 0.2) is 22.7 Å². The highest BCUT2D eigenvalue weighted by molar-refractivity contribution is 9.10. The van der Waals surface area contributed by atoms with Crippen molar-refractivity contribution in [2.24, 2.45) is 11.7 Å². The van der Waals surface area contributed by atoms with Crippen molar-refractivity contribution in [2.75, 3.05) is 0 Å². The number of hydrogen-bond donors (Lipinski definition) is 1. The summed E-state index contributed by atoms with van der Waals surface area (Å²) in [5, 5.41) is 0. The van der Waals surface area contributed by atoms with E-state index in [1.807, 2.05) is 0 Å². The van der Waals surface area contributed by atoms with Crippen LogP contribution in [-0.2, 0) is 11.2 Å². The summed E-state index contributed by atoms with van der Waals surface area (Å²) in [4.78, 5) is 11.8. The van der Waals surface area contributed by atoms with Crippen molar-refractivity contribution in [3.63, 3.8) is 0 Å². The molecular weight excluding hydrogens is 273 g/mol. The maximum absolute atomic E-state index is 13.4. The van der Waals surface area contributed by atoms with E-state index >= 15 is 0 Å². The fourth-order valence-electron chi connectivity index (χ4n) is 1.32. The van der Waals surface area contributed by atoms with Crippen LogP contribution < -0.4 is 5.73 Å². The lowest BCUT2D eigenvalue weighted by atomic mass is 9.94. The van der Waals surface area contributed by atoms with Gasteiger partial charge in [0.25, 0.3) is 0 Å². The lowest BCUT2D eigenvalue weighted by Gasteiger charge is -2.14. The van der Waals surface area contributed by atoms with Gasteiger partial charge in [-0.25, -0.2) is 4.39 Å². The highest BCUT2D eigenvalue weighted by atomic mass is 79.9. The van der Waals surface area contributed by atoms with Crippen LogP contribution in [0, 0.1) is 11.7 Å². The highest BCUT2D eigenvalue weighted by Gasteiger charge is 2.18. The van der Waals surface area contributed by atoms with Gasteiger partial charge in [0.1, 0.15) is 11.6 Å². The minimum atomic E-state index is -0.353. The van der Waals surface area contributed by atoms with Gasteiger partial charge in [-0.15, -0.1) is 0 Å². The Morgan fingerprint density at radius 3 is 2.69 bits per heavy atom. The molecule has 0 amide bonds. The zero-order valence-corrected chi connectivity index (χ0v) is 10.9. The molecule has 0 aliphatic heterocycles. The lowest BCUT2D eigenvalue weighted by molar-refractivity contribution is -0.122. The first-order valence-corrected chi connectivity index (χ1v) is 5.93. The number of nitrogens with two attached hydrogens (primary N) is 1. The molecule has 0 heterocycles. The van der Waals surface area contributed by atoms with E-state index < -0.39 is 0 Å². The monoisotopic (exact) mass is 287 g/mol. The molecule has 2 N–H and O–H groups in total. The first-order valence-electron chi connectivity index (χ1n) is 5.14. The van der Waals surface area contributed by atoms with Crippen molar-refractivity contribution in [3.8, 4) is 0 Å². The van der Waals surface area contributed by atoms with Gasteiger partial charge in [-0.1, -0.05) is 22.9 Å². The molecule has 0 aliphatic carbocycles. The largest absolute Gasteiger partial charge is 0.327 e. The predicted octanol–water partition coefficient (Wildman–Crippen LogP) is 2.68. The average molecular weight is 288 g/mol. The molecule has 2 unspecified atom stereocenters. The van der Waals surface area contributed by atoms with E-state index in [0.29, 0.717) is 5.56 Å². The summed E-state index contributed by atoms with van der Waals surface area (Å²) in [5.41, 5.74) is 6.04. The number of benzene rings is 1. The van der Waals surface area contributed by atoms with E-state index in [4.69, 9.17) is 5.73 Å². The summed E-state index contributed by atoms with van der Waals surface area (Å²) >= 11 is 3.25. The third kappa shape index (κ3) is 3.39. The van der Waals surface area contributed by atoms with Crippen molar-refractivity contribution in [3.05, 3.63) is 34.1 Å². The van der Waals surface area contributed by atoms with E-state index in [1.54, 1.807) is 26.0 Å². The van der Waals surface area contributed by atoms with Crippen LogP contribution in [0.1, 0.15) is 19.4 Å². The first kappa shape index (κ1) is 13.3. The SMILES string of the molecule is CC(N)C(C)C(=O)Cc1cc(Br)ccc1F. The van der Waals surface area contributed by atoms with Crippen LogP contribution in [0.25, 0.3) is 0 Å². The minimum Gasteiger partial charge on any atom is -0.327 e. The number of hydrogen-bond acceptors (Lipinski definition) is 2.